The van der Waals surface area contributed by atoms with Gasteiger partial charge < -0.3 is 0 Å². The van der Waals surface area contributed by atoms with Crippen molar-refractivity contribution in [1.29, 1.82) is 0 Å². The molecule has 0 bridgehead atoms. The molecule has 0 amide bonds. The summed E-state index contributed by atoms with van der Waals surface area (Å²) in [6.07, 6.45) is 2.76. The topological polar surface area (TPSA) is 34.1 Å². The standard InChI is InChI=1S/C10H7FO2/c11-9-5-3-8(4-6-9)10(13)2-1-7-12/h1-7H. The molecule has 0 N–H and O–H groups in total. The largest absolute Gasteiger partial charge is 0.299 e. The van der Waals surface area contributed by atoms with Crippen LogP contribution in [0.4, 0.5) is 4.39 Å². The molecule has 13 heavy (non-hydrogen) atoms. The lowest BCUT2D eigenvalue weighted by atomic mass is 10.1. The van der Waals surface area contributed by atoms with Crippen LogP contribution in [-0.4, -0.2) is 12.1 Å². The van der Waals surface area contributed by atoms with Crippen molar-refractivity contribution >= 4 is 12.1 Å². The molecule has 0 saturated heterocycles. The quantitative estimate of drug-likeness (QED) is 0.401. The van der Waals surface area contributed by atoms with Crippen LogP contribution in [0, 0.1) is 5.82 Å². The molecule has 66 valence electrons. The lowest BCUT2D eigenvalue weighted by Gasteiger charge is -1.93. The number of rotatable bonds is 3. The molecule has 0 aliphatic heterocycles. The summed E-state index contributed by atoms with van der Waals surface area (Å²) in [4.78, 5) is 21.0. The van der Waals surface area contributed by atoms with E-state index in [9.17, 15) is 14.0 Å². The fourth-order valence-electron chi connectivity index (χ4n) is 0.837. The number of allylic oxidation sites excluding steroid dienone is 2. The molecule has 2 nitrogen and oxygen atoms in total. The molecule has 0 saturated carbocycles. The average molecular weight is 178 g/mol. The summed E-state index contributed by atoms with van der Waals surface area (Å²) in [6, 6.07) is 5.13. The van der Waals surface area contributed by atoms with Gasteiger partial charge in [0.15, 0.2) is 5.78 Å². The number of carbonyl (C=O) groups excluding carboxylic acids is 2. The molecule has 0 aromatic heterocycles. The van der Waals surface area contributed by atoms with Crippen LogP contribution >= 0.6 is 0 Å². The minimum Gasteiger partial charge on any atom is -0.299 e. The fourth-order valence-corrected chi connectivity index (χ4v) is 0.837. The number of ketones is 1. The van der Waals surface area contributed by atoms with Gasteiger partial charge in [-0.15, -0.1) is 0 Å². The Balaban J connectivity index is 2.83. The highest BCUT2D eigenvalue weighted by Crippen LogP contribution is 2.03. The Morgan fingerprint density at radius 1 is 1.23 bits per heavy atom. The molecule has 0 unspecified atom stereocenters. The number of benzene rings is 1. The minimum atomic E-state index is -0.393. The van der Waals surface area contributed by atoms with Gasteiger partial charge in [0.25, 0.3) is 0 Å². The molecule has 0 heterocycles. The number of hydrogen-bond acceptors (Lipinski definition) is 2. The molecule has 0 fully saturated rings. The smallest absolute Gasteiger partial charge is 0.185 e. The Labute approximate surface area is 74.7 Å². The first kappa shape index (κ1) is 9.32. The second kappa shape index (κ2) is 4.30. The van der Waals surface area contributed by atoms with Crippen molar-refractivity contribution in [2.45, 2.75) is 0 Å². The summed E-state index contributed by atoms with van der Waals surface area (Å²) in [6.45, 7) is 0. The van der Waals surface area contributed by atoms with E-state index >= 15 is 0 Å². The van der Waals surface area contributed by atoms with Crippen LogP contribution in [0.5, 0.6) is 0 Å². The molecule has 0 radical (unpaired) electrons. The molecule has 0 spiro atoms. The SMILES string of the molecule is O=CC=CC(=O)c1ccc(F)cc1. The Hall–Kier alpha value is -1.77. The highest BCUT2D eigenvalue weighted by atomic mass is 19.1. The zero-order valence-corrected chi connectivity index (χ0v) is 6.74. The molecule has 1 aromatic rings. The van der Waals surface area contributed by atoms with E-state index in [1.165, 1.54) is 24.3 Å². The predicted molar refractivity (Wildman–Crippen MR) is 45.9 cm³/mol. The van der Waals surface area contributed by atoms with Crippen LogP contribution in [0.1, 0.15) is 10.4 Å². The second-order valence-corrected chi connectivity index (χ2v) is 2.37. The fraction of sp³-hybridized carbons (Fsp3) is 0. The number of hydrogen-bond donors (Lipinski definition) is 0. The summed E-state index contributed by atoms with van der Waals surface area (Å²) in [5.41, 5.74) is 0.361. The van der Waals surface area contributed by atoms with Crippen molar-refractivity contribution in [3.63, 3.8) is 0 Å². The minimum absolute atomic E-state index is 0.313. The van der Waals surface area contributed by atoms with Crippen molar-refractivity contribution in [2.75, 3.05) is 0 Å². The average Bonchev–Trinajstić information content (AvgIpc) is 2.15. The van der Waals surface area contributed by atoms with Crippen LogP contribution < -0.4 is 0 Å². The first-order valence-electron chi connectivity index (χ1n) is 3.66. The normalized spacial score (nSPS) is 10.2. The van der Waals surface area contributed by atoms with Crippen LogP contribution in [0.25, 0.3) is 0 Å². The van der Waals surface area contributed by atoms with Gasteiger partial charge in [-0.05, 0) is 36.4 Å². The third-order valence-electron chi connectivity index (χ3n) is 1.45. The molecular weight excluding hydrogens is 171 g/mol. The lowest BCUT2D eigenvalue weighted by molar-refractivity contribution is -0.104. The monoisotopic (exact) mass is 178 g/mol. The molecule has 0 atom stereocenters. The predicted octanol–water partition coefficient (Wildman–Crippen LogP) is 1.76. The van der Waals surface area contributed by atoms with Gasteiger partial charge in [0.1, 0.15) is 12.1 Å². The Morgan fingerprint density at radius 3 is 2.38 bits per heavy atom. The van der Waals surface area contributed by atoms with Crippen molar-refractivity contribution in [3.05, 3.63) is 47.8 Å². The van der Waals surface area contributed by atoms with E-state index in [2.05, 4.69) is 0 Å². The Bertz CT molecular complexity index is 338. The Kier molecular flexibility index (Phi) is 3.09. The van der Waals surface area contributed by atoms with Gasteiger partial charge in [-0.25, -0.2) is 4.39 Å². The number of halogens is 1. The van der Waals surface area contributed by atoms with Gasteiger partial charge >= 0.3 is 0 Å². The molecule has 3 heteroatoms. The Morgan fingerprint density at radius 2 is 1.85 bits per heavy atom. The van der Waals surface area contributed by atoms with Gasteiger partial charge in [-0.1, -0.05) is 0 Å². The molecule has 0 aliphatic carbocycles. The zero-order chi connectivity index (χ0) is 9.68. The summed E-state index contributed by atoms with van der Waals surface area (Å²) in [5, 5.41) is 0. The van der Waals surface area contributed by atoms with E-state index in [0.29, 0.717) is 11.8 Å². The summed E-state index contributed by atoms with van der Waals surface area (Å²) in [7, 11) is 0. The highest BCUT2D eigenvalue weighted by Gasteiger charge is 2.00. The maximum absolute atomic E-state index is 12.4. The van der Waals surface area contributed by atoms with Crippen molar-refractivity contribution in [3.8, 4) is 0 Å². The van der Waals surface area contributed by atoms with E-state index in [4.69, 9.17) is 0 Å². The number of carbonyl (C=O) groups is 2. The molecule has 0 aliphatic rings. The molecule has 1 rings (SSSR count). The van der Waals surface area contributed by atoms with Crippen molar-refractivity contribution < 1.29 is 14.0 Å². The van der Waals surface area contributed by atoms with Crippen LogP contribution in [-0.2, 0) is 4.79 Å². The van der Waals surface area contributed by atoms with Crippen LogP contribution in [0.3, 0.4) is 0 Å². The van der Waals surface area contributed by atoms with E-state index in [1.807, 2.05) is 0 Å². The van der Waals surface area contributed by atoms with E-state index in [-0.39, 0.29) is 5.78 Å². The van der Waals surface area contributed by atoms with Crippen molar-refractivity contribution in [2.24, 2.45) is 0 Å². The lowest BCUT2D eigenvalue weighted by Crippen LogP contribution is -1.93. The van der Waals surface area contributed by atoms with E-state index in [1.54, 1.807) is 0 Å². The molecule has 1 aromatic carbocycles. The van der Waals surface area contributed by atoms with Crippen molar-refractivity contribution in [1.82, 2.24) is 0 Å². The van der Waals surface area contributed by atoms with E-state index in [0.717, 1.165) is 12.2 Å². The third kappa shape index (κ3) is 2.63. The maximum atomic E-state index is 12.4. The molecular formula is C10H7FO2. The van der Waals surface area contributed by atoms with Crippen LogP contribution in [0.2, 0.25) is 0 Å². The summed E-state index contributed by atoms with van der Waals surface area (Å²) >= 11 is 0. The number of aldehydes is 1. The summed E-state index contributed by atoms with van der Waals surface area (Å²) < 4.78 is 12.4. The maximum Gasteiger partial charge on any atom is 0.185 e. The van der Waals surface area contributed by atoms with E-state index < -0.39 is 5.82 Å². The highest BCUT2D eigenvalue weighted by molar-refractivity contribution is 6.05. The van der Waals surface area contributed by atoms with Gasteiger partial charge in [-0.3, -0.25) is 9.59 Å². The van der Waals surface area contributed by atoms with Gasteiger partial charge in [-0.2, -0.15) is 0 Å². The van der Waals surface area contributed by atoms with Crippen LogP contribution in [0.15, 0.2) is 36.4 Å². The third-order valence-corrected chi connectivity index (χ3v) is 1.45. The first-order chi connectivity index (χ1) is 6.24. The van der Waals surface area contributed by atoms with Gasteiger partial charge in [0.2, 0.25) is 0 Å². The summed E-state index contributed by atoms with van der Waals surface area (Å²) in [5.74, 6) is -0.706. The van der Waals surface area contributed by atoms with Gasteiger partial charge in [0, 0.05) is 5.56 Å². The van der Waals surface area contributed by atoms with Gasteiger partial charge in [0.05, 0.1) is 0 Å². The first-order valence-corrected chi connectivity index (χ1v) is 3.66. The zero-order valence-electron chi connectivity index (χ0n) is 6.74. The second-order valence-electron chi connectivity index (χ2n) is 2.37.